The molecule has 2 amide bonds. The number of piperazine rings is 1. The number of benzene rings is 2. The van der Waals surface area contributed by atoms with Gasteiger partial charge in [-0.1, -0.05) is 12.1 Å². The molecule has 0 radical (unpaired) electrons. The van der Waals surface area contributed by atoms with Crippen LogP contribution in [-0.4, -0.2) is 70.5 Å². The van der Waals surface area contributed by atoms with Crippen molar-refractivity contribution in [3.63, 3.8) is 0 Å². The molecule has 2 saturated heterocycles. The first kappa shape index (κ1) is 24.4. The monoisotopic (exact) mass is 507 g/mol. The standard InChI is InChI=1S/C26H26FN5O3S/c1-16-28-21-5-3-17(14-23-25(34)30-26(35)36-23)13-19(21)24(29-16)18-4-6-22(20(27)15-18)32-10-8-31(9-11-32)7-2-12-33/h3-6,13-15,33H,2,7-12H2,1H3,(H,30,34,35)/b23-14-. The lowest BCUT2D eigenvalue weighted by Crippen LogP contribution is -2.47. The summed E-state index contributed by atoms with van der Waals surface area (Å²) in [7, 11) is 0. The second-order valence-corrected chi connectivity index (χ2v) is 9.84. The van der Waals surface area contributed by atoms with Crippen LogP contribution in [0.3, 0.4) is 0 Å². The molecule has 0 bridgehead atoms. The molecule has 2 aliphatic heterocycles. The van der Waals surface area contributed by atoms with Crippen molar-refractivity contribution in [2.45, 2.75) is 13.3 Å². The highest BCUT2D eigenvalue weighted by Gasteiger charge is 2.25. The van der Waals surface area contributed by atoms with Gasteiger partial charge in [-0.3, -0.25) is 19.8 Å². The van der Waals surface area contributed by atoms with Crippen LogP contribution in [0.5, 0.6) is 0 Å². The predicted molar refractivity (Wildman–Crippen MR) is 139 cm³/mol. The van der Waals surface area contributed by atoms with Crippen molar-refractivity contribution in [3.05, 3.63) is 58.5 Å². The number of nitrogens with zero attached hydrogens (tertiary/aromatic N) is 4. The summed E-state index contributed by atoms with van der Waals surface area (Å²) < 4.78 is 15.3. The Morgan fingerprint density at radius 2 is 1.92 bits per heavy atom. The second kappa shape index (κ2) is 10.3. The topological polar surface area (TPSA) is 98.7 Å². The average molecular weight is 508 g/mol. The minimum atomic E-state index is -0.419. The van der Waals surface area contributed by atoms with Gasteiger partial charge in [0.2, 0.25) is 0 Å². The van der Waals surface area contributed by atoms with Crippen molar-refractivity contribution in [3.8, 4) is 11.3 Å². The van der Waals surface area contributed by atoms with Crippen LogP contribution in [0.15, 0.2) is 41.3 Å². The van der Waals surface area contributed by atoms with Crippen LogP contribution >= 0.6 is 11.8 Å². The molecule has 0 atom stereocenters. The molecule has 2 N–H and O–H groups in total. The number of hydrogen-bond acceptors (Lipinski definition) is 8. The quantitative estimate of drug-likeness (QED) is 0.489. The molecular formula is C26H26FN5O3S. The molecule has 0 saturated carbocycles. The maximum Gasteiger partial charge on any atom is 0.290 e. The number of aromatic nitrogens is 2. The van der Waals surface area contributed by atoms with Crippen LogP contribution < -0.4 is 10.2 Å². The first-order valence-corrected chi connectivity index (χ1v) is 12.6. The van der Waals surface area contributed by atoms with E-state index in [1.807, 2.05) is 29.2 Å². The molecule has 2 aliphatic rings. The molecule has 2 aromatic carbocycles. The van der Waals surface area contributed by atoms with E-state index in [0.29, 0.717) is 33.2 Å². The van der Waals surface area contributed by atoms with Crippen molar-refractivity contribution >= 4 is 45.6 Å². The number of amides is 2. The number of hydrogen-bond donors (Lipinski definition) is 2. The molecular weight excluding hydrogens is 481 g/mol. The summed E-state index contributed by atoms with van der Waals surface area (Å²) in [4.78, 5) is 37.2. The normalized spacial score (nSPS) is 17.9. The number of anilines is 1. The summed E-state index contributed by atoms with van der Waals surface area (Å²) in [6, 6.07) is 10.7. The zero-order valence-electron chi connectivity index (χ0n) is 19.8. The van der Waals surface area contributed by atoms with Crippen molar-refractivity contribution in [2.75, 3.05) is 44.2 Å². The molecule has 0 spiro atoms. The molecule has 1 aromatic heterocycles. The molecule has 186 valence electrons. The Balaban J connectivity index is 1.44. The Labute approximate surface area is 212 Å². The van der Waals surface area contributed by atoms with Crippen molar-refractivity contribution < 1.29 is 19.1 Å². The van der Waals surface area contributed by atoms with Crippen LogP contribution in [0.2, 0.25) is 0 Å². The molecule has 3 aromatic rings. The fraction of sp³-hybridized carbons (Fsp3) is 0.308. The SMILES string of the molecule is Cc1nc(-c2ccc(N3CCN(CCCO)CC3)c(F)c2)c2cc(/C=C3\SC(=O)NC3=O)ccc2n1. The lowest BCUT2D eigenvalue weighted by molar-refractivity contribution is -0.115. The number of aliphatic hydroxyl groups is 1. The number of fused-ring (bicyclic) bond motifs is 1. The van der Waals surface area contributed by atoms with Gasteiger partial charge in [-0.15, -0.1) is 0 Å². The van der Waals surface area contributed by atoms with Gasteiger partial charge in [-0.05, 0) is 61.0 Å². The summed E-state index contributed by atoms with van der Waals surface area (Å²) in [5.74, 6) is -0.155. The third kappa shape index (κ3) is 5.11. The first-order chi connectivity index (χ1) is 17.4. The van der Waals surface area contributed by atoms with E-state index in [4.69, 9.17) is 5.11 Å². The van der Waals surface area contributed by atoms with Crippen molar-refractivity contribution in [1.82, 2.24) is 20.2 Å². The van der Waals surface area contributed by atoms with Crippen LogP contribution in [-0.2, 0) is 4.79 Å². The molecule has 0 unspecified atom stereocenters. The van der Waals surface area contributed by atoms with Gasteiger partial charge in [-0.2, -0.15) is 0 Å². The second-order valence-electron chi connectivity index (χ2n) is 8.82. The lowest BCUT2D eigenvalue weighted by Gasteiger charge is -2.36. The van der Waals surface area contributed by atoms with Crippen LogP contribution in [0.1, 0.15) is 17.8 Å². The molecule has 2 fully saturated rings. The van der Waals surface area contributed by atoms with Gasteiger partial charge in [0.05, 0.1) is 21.8 Å². The van der Waals surface area contributed by atoms with Crippen LogP contribution in [0.25, 0.3) is 28.2 Å². The zero-order valence-corrected chi connectivity index (χ0v) is 20.6. The van der Waals surface area contributed by atoms with Gasteiger partial charge in [0.1, 0.15) is 11.6 Å². The summed E-state index contributed by atoms with van der Waals surface area (Å²) in [5, 5.41) is 11.6. The summed E-state index contributed by atoms with van der Waals surface area (Å²) in [6.45, 7) is 5.94. The molecule has 36 heavy (non-hydrogen) atoms. The van der Waals surface area contributed by atoms with Crippen LogP contribution in [0, 0.1) is 12.7 Å². The van der Waals surface area contributed by atoms with E-state index < -0.39 is 11.1 Å². The Kier molecular flexibility index (Phi) is 6.99. The number of thioether (sulfide) groups is 1. The van der Waals surface area contributed by atoms with E-state index in [1.54, 1.807) is 19.1 Å². The molecule has 10 heteroatoms. The van der Waals surface area contributed by atoms with Gasteiger partial charge in [0.15, 0.2) is 0 Å². The van der Waals surface area contributed by atoms with E-state index >= 15 is 4.39 Å². The molecule has 3 heterocycles. The Morgan fingerprint density at radius 1 is 1.11 bits per heavy atom. The highest BCUT2D eigenvalue weighted by atomic mass is 32.2. The van der Waals surface area contributed by atoms with Gasteiger partial charge >= 0.3 is 0 Å². The number of aryl methyl sites for hydroxylation is 1. The number of rotatable bonds is 6. The van der Waals surface area contributed by atoms with E-state index in [-0.39, 0.29) is 12.4 Å². The van der Waals surface area contributed by atoms with Gasteiger partial charge < -0.3 is 10.0 Å². The van der Waals surface area contributed by atoms with Gasteiger partial charge in [0, 0.05) is 50.3 Å². The number of imide groups is 1. The number of nitrogens with one attached hydrogen (secondary N) is 1. The highest BCUT2D eigenvalue weighted by molar-refractivity contribution is 8.18. The summed E-state index contributed by atoms with van der Waals surface area (Å²) in [6.07, 6.45) is 2.40. The van der Waals surface area contributed by atoms with Gasteiger partial charge in [0.25, 0.3) is 11.1 Å². The maximum atomic E-state index is 15.3. The van der Waals surface area contributed by atoms with Crippen molar-refractivity contribution in [2.24, 2.45) is 0 Å². The van der Waals surface area contributed by atoms with Crippen LogP contribution in [0.4, 0.5) is 14.9 Å². The highest BCUT2D eigenvalue weighted by Crippen LogP contribution is 2.32. The first-order valence-electron chi connectivity index (χ1n) is 11.8. The minimum absolute atomic E-state index is 0.181. The fourth-order valence-corrected chi connectivity index (χ4v) is 5.24. The van der Waals surface area contributed by atoms with E-state index in [9.17, 15) is 9.59 Å². The fourth-order valence-electron chi connectivity index (χ4n) is 4.56. The van der Waals surface area contributed by atoms with E-state index in [0.717, 1.165) is 61.9 Å². The average Bonchev–Trinajstić information content (AvgIpc) is 3.19. The largest absolute Gasteiger partial charge is 0.396 e. The predicted octanol–water partition coefficient (Wildman–Crippen LogP) is 3.57. The molecule has 5 rings (SSSR count). The minimum Gasteiger partial charge on any atom is -0.396 e. The lowest BCUT2D eigenvalue weighted by atomic mass is 10.0. The Morgan fingerprint density at radius 3 is 2.61 bits per heavy atom. The Hall–Kier alpha value is -3.34. The third-order valence-electron chi connectivity index (χ3n) is 6.34. The molecule has 8 nitrogen and oxygen atoms in total. The number of halogens is 1. The molecule has 0 aliphatic carbocycles. The summed E-state index contributed by atoms with van der Waals surface area (Å²) >= 11 is 0.860. The smallest absolute Gasteiger partial charge is 0.290 e. The van der Waals surface area contributed by atoms with Crippen molar-refractivity contribution in [1.29, 1.82) is 0 Å². The van der Waals surface area contributed by atoms with Gasteiger partial charge in [-0.25, -0.2) is 14.4 Å². The summed E-state index contributed by atoms with van der Waals surface area (Å²) in [5.41, 5.74) is 3.25. The Bertz CT molecular complexity index is 1370. The maximum absolute atomic E-state index is 15.3. The third-order valence-corrected chi connectivity index (χ3v) is 7.15. The van der Waals surface area contributed by atoms with E-state index in [2.05, 4.69) is 20.2 Å². The number of aliphatic hydroxyl groups excluding tert-OH is 1. The van der Waals surface area contributed by atoms with E-state index in [1.165, 1.54) is 6.07 Å². The number of carbonyl (C=O) groups excluding carboxylic acids is 2. The number of carbonyl (C=O) groups is 2. The zero-order chi connectivity index (χ0) is 25.2.